The van der Waals surface area contributed by atoms with E-state index in [0.29, 0.717) is 5.92 Å². The third kappa shape index (κ3) is 4.81. The lowest BCUT2D eigenvalue weighted by atomic mass is 10.1. The summed E-state index contributed by atoms with van der Waals surface area (Å²) in [5.74, 6) is 0.797. The fraction of sp³-hybridized carbons (Fsp3) is 0.650. The van der Waals surface area contributed by atoms with Gasteiger partial charge in [0, 0.05) is 44.8 Å². The monoisotopic (exact) mass is 345 g/mol. The molecule has 2 heterocycles. The summed E-state index contributed by atoms with van der Waals surface area (Å²) in [5.41, 5.74) is 2.02. The summed E-state index contributed by atoms with van der Waals surface area (Å²) >= 11 is 0. The first-order chi connectivity index (χ1) is 12.2. The third-order valence-corrected chi connectivity index (χ3v) is 5.43. The van der Waals surface area contributed by atoms with Crippen molar-refractivity contribution in [1.29, 1.82) is 0 Å². The van der Waals surface area contributed by atoms with Gasteiger partial charge in [0.2, 0.25) is 0 Å². The van der Waals surface area contributed by atoms with Gasteiger partial charge < -0.3 is 14.5 Å². The predicted octanol–water partition coefficient (Wildman–Crippen LogP) is 1.93. The molecule has 0 radical (unpaired) electrons. The lowest BCUT2D eigenvalue weighted by Crippen LogP contribution is -2.37. The SMILES string of the molecule is CCN(C)CC1CCN(C(=O)c2ccccc2CN2CCOCC2)C1. The zero-order valence-corrected chi connectivity index (χ0v) is 15.6. The van der Waals surface area contributed by atoms with Gasteiger partial charge in [-0.25, -0.2) is 0 Å². The predicted molar refractivity (Wildman–Crippen MR) is 99.7 cm³/mol. The molecule has 0 saturated carbocycles. The Morgan fingerprint density at radius 3 is 2.76 bits per heavy atom. The van der Waals surface area contributed by atoms with E-state index in [1.54, 1.807) is 0 Å². The van der Waals surface area contributed by atoms with Crippen LogP contribution in [0.5, 0.6) is 0 Å². The largest absolute Gasteiger partial charge is 0.379 e. The van der Waals surface area contributed by atoms with Crippen LogP contribution in [-0.4, -0.2) is 80.1 Å². The average Bonchev–Trinajstić information content (AvgIpc) is 3.11. The Hall–Kier alpha value is -1.43. The van der Waals surface area contributed by atoms with Crippen molar-refractivity contribution in [2.45, 2.75) is 19.9 Å². The van der Waals surface area contributed by atoms with E-state index in [2.05, 4.69) is 29.8 Å². The lowest BCUT2D eigenvalue weighted by molar-refractivity contribution is 0.0340. The molecule has 1 aromatic rings. The van der Waals surface area contributed by atoms with Gasteiger partial charge in [-0.05, 0) is 37.6 Å². The van der Waals surface area contributed by atoms with Crippen LogP contribution in [0, 0.1) is 5.92 Å². The second-order valence-corrected chi connectivity index (χ2v) is 7.31. The van der Waals surface area contributed by atoms with Crippen LogP contribution in [0.4, 0.5) is 0 Å². The highest BCUT2D eigenvalue weighted by Gasteiger charge is 2.28. The molecule has 2 fully saturated rings. The van der Waals surface area contributed by atoms with Gasteiger partial charge in [-0.15, -0.1) is 0 Å². The number of ether oxygens (including phenoxy) is 1. The zero-order chi connectivity index (χ0) is 17.6. The summed E-state index contributed by atoms with van der Waals surface area (Å²) in [4.78, 5) is 19.8. The first kappa shape index (κ1) is 18.4. The molecule has 138 valence electrons. The number of hydrogen-bond acceptors (Lipinski definition) is 4. The molecule has 5 heteroatoms. The minimum Gasteiger partial charge on any atom is -0.379 e. The molecular weight excluding hydrogens is 314 g/mol. The highest BCUT2D eigenvalue weighted by molar-refractivity contribution is 5.95. The Kier molecular flexibility index (Phi) is 6.45. The molecular formula is C20H31N3O2. The molecule has 2 saturated heterocycles. The zero-order valence-electron chi connectivity index (χ0n) is 15.6. The Bertz CT molecular complexity index is 572. The van der Waals surface area contributed by atoms with E-state index >= 15 is 0 Å². The maximum atomic E-state index is 13.1. The second-order valence-electron chi connectivity index (χ2n) is 7.31. The maximum absolute atomic E-state index is 13.1. The van der Waals surface area contributed by atoms with Gasteiger partial charge >= 0.3 is 0 Å². The smallest absolute Gasteiger partial charge is 0.254 e. The molecule has 1 atom stereocenters. The van der Waals surface area contributed by atoms with Crippen molar-refractivity contribution in [3.05, 3.63) is 35.4 Å². The van der Waals surface area contributed by atoms with Crippen LogP contribution in [0.2, 0.25) is 0 Å². The van der Waals surface area contributed by atoms with Crippen molar-refractivity contribution in [2.24, 2.45) is 5.92 Å². The van der Waals surface area contributed by atoms with Crippen molar-refractivity contribution >= 4 is 5.91 Å². The van der Waals surface area contributed by atoms with Crippen LogP contribution >= 0.6 is 0 Å². The van der Waals surface area contributed by atoms with Crippen molar-refractivity contribution in [1.82, 2.24) is 14.7 Å². The van der Waals surface area contributed by atoms with Crippen LogP contribution in [0.15, 0.2) is 24.3 Å². The molecule has 3 rings (SSSR count). The number of morpholine rings is 1. The van der Waals surface area contributed by atoms with Crippen LogP contribution in [0.3, 0.4) is 0 Å². The number of rotatable bonds is 6. The standard InChI is InChI=1S/C20H31N3O2/c1-3-21(2)14-17-8-9-23(15-17)20(24)19-7-5-4-6-18(19)16-22-10-12-25-13-11-22/h4-7,17H,3,8-16H2,1-2H3. The highest BCUT2D eigenvalue weighted by Crippen LogP contribution is 2.22. The summed E-state index contributed by atoms with van der Waals surface area (Å²) < 4.78 is 5.43. The van der Waals surface area contributed by atoms with Gasteiger partial charge in [0.1, 0.15) is 0 Å². The Balaban J connectivity index is 1.64. The highest BCUT2D eigenvalue weighted by atomic mass is 16.5. The average molecular weight is 345 g/mol. The van der Waals surface area contributed by atoms with E-state index in [0.717, 1.165) is 76.6 Å². The number of carbonyl (C=O) groups is 1. The molecule has 2 aliphatic rings. The molecule has 5 nitrogen and oxygen atoms in total. The van der Waals surface area contributed by atoms with Gasteiger partial charge in [-0.3, -0.25) is 9.69 Å². The van der Waals surface area contributed by atoms with Crippen LogP contribution in [-0.2, 0) is 11.3 Å². The van der Waals surface area contributed by atoms with Crippen molar-refractivity contribution in [3.8, 4) is 0 Å². The number of amides is 1. The summed E-state index contributed by atoms with van der Waals surface area (Å²) in [6.45, 7) is 10.4. The second kappa shape index (κ2) is 8.79. The van der Waals surface area contributed by atoms with Crippen LogP contribution < -0.4 is 0 Å². The van der Waals surface area contributed by atoms with Crippen molar-refractivity contribution in [3.63, 3.8) is 0 Å². The van der Waals surface area contributed by atoms with Gasteiger partial charge in [0.15, 0.2) is 0 Å². The maximum Gasteiger partial charge on any atom is 0.254 e. The van der Waals surface area contributed by atoms with Gasteiger partial charge in [0.05, 0.1) is 13.2 Å². The number of carbonyl (C=O) groups excluding carboxylic acids is 1. The molecule has 0 aliphatic carbocycles. The van der Waals surface area contributed by atoms with E-state index in [1.807, 2.05) is 23.1 Å². The molecule has 2 aliphatic heterocycles. The molecule has 0 spiro atoms. The molecule has 0 bridgehead atoms. The van der Waals surface area contributed by atoms with Crippen LogP contribution in [0.25, 0.3) is 0 Å². The Morgan fingerprint density at radius 1 is 1.24 bits per heavy atom. The summed E-state index contributed by atoms with van der Waals surface area (Å²) in [7, 11) is 2.15. The number of hydrogen-bond donors (Lipinski definition) is 0. The molecule has 1 aromatic carbocycles. The normalized spacial score (nSPS) is 21.9. The summed E-state index contributed by atoms with van der Waals surface area (Å²) in [5, 5.41) is 0. The molecule has 1 unspecified atom stereocenters. The third-order valence-electron chi connectivity index (χ3n) is 5.43. The Labute approximate surface area is 151 Å². The first-order valence-electron chi connectivity index (χ1n) is 9.53. The van der Waals surface area contributed by atoms with Gasteiger partial charge in [-0.2, -0.15) is 0 Å². The molecule has 1 amide bonds. The van der Waals surface area contributed by atoms with Gasteiger partial charge in [0.25, 0.3) is 5.91 Å². The fourth-order valence-corrected chi connectivity index (χ4v) is 3.77. The quantitative estimate of drug-likeness (QED) is 0.789. The first-order valence-corrected chi connectivity index (χ1v) is 9.53. The van der Waals surface area contributed by atoms with E-state index in [9.17, 15) is 4.79 Å². The van der Waals surface area contributed by atoms with E-state index in [-0.39, 0.29) is 5.91 Å². The van der Waals surface area contributed by atoms with Crippen LogP contribution in [0.1, 0.15) is 29.3 Å². The summed E-state index contributed by atoms with van der Waals surface area (Å²) in [6, 6.07) is 8.11. The van der Waals surface area contributed by atoms with E-state index in [4.69, 9.17) is 4.74 Å². The molecule has 0 aromatic heterocycles. The molecule has 25 heavy (non-hydrogen) atoms. The lowest BCUT2D eigenvalue weighted by Gasteiger charge is -2.28. The van der Waals surface area contributed by atoms with E-state index < -0.39 is 0 Å². The Morgan fingerprint density at radius 2 is 2.00 bits per heavy atom. The number of benzene rings is 1. The van der Waals surface area contributed by atoms with Gasteiger partial charge in [-0.1, -0.05) is 25.1 Å². The van der Waals surface area contributed by atoms with Crippen molar-refractivity contribution in [2.75, 3.05) is 59.5 Å². The number of likely N-dealkylation sites (tertiary alicyclic amines) is 1. The topological polar surface area (TPSA) is 36.0 Å². The van der Waals surface area contributed by atoms with Crippen molar-refractivity contribution < 1.29 is 9.53 Å². The summed E-state index contributed by atoms with van der Waals surface area (Å²) in [6.07, 6.45) is 1.11. The molecule has 0 N–H and O–H groups in total. The minimum absolute atomic E-state index is 0.200. The minimum atomic E-state index is 0.200. The number of nitrogens with zero attached hydrogens (tertiary/aromatic N) is 3. The van der Waals surface area contributed by atoms with E-state index in [1.165, 1.54) is 0 Å². The fourth-order valence-electron chi connectivity index (χ4n) is 3.77.